The maximum absolute atomic E-state index is 5.75. The van der Waals surface area contributed by atoms with E-state index in [4.69, 9.17) is 15.2 Å². The van der Waals surface area contributed by atoms with Crippen LogP contribution in [0.2, 0.25) is 0 Å². The molecule has 0 aromatic heterocycles. The molecule has 88 valence electrons. The van der Waals surface area contributed by atoms with Crippen molar-refractivity contribution in [3.63, 3.8) is 0 Å². The van der Waals surface area contributed by atoms with Gasteiger partial charge in [-0.1, -0.05) is 6.07 Å². The average Bonchev–Trinajstić information content (AvgIpc) is 2.36. The lowest BCUT2D eigenvalue weighted by Crippen LogP contribution is -2.22. The third-order valence-corrected chi connectivity index (χ3v) is 3.39. The second-order valence-electron chi connectivity index (χ2n) is 4.28. The van der Waals surface area contributed by atoms with Crippen LogP contribution in [0.3, 0.4) is 0 Å². The van der Waals surface area contributed by atoms with Gasteiger partial charge in [0.2, 0.25) is 0 Å². The van der Waals surface area contributed by atoms with Gasteiger partial charge in [-0.2, -0.15) is 0 Å². The summed E-state index contributed by atoms with van der Waals surface area (Å²) in [5.74, 6) is 2.28. The second kappa shape index (κ2) is 4.74. The topological polar surface area (TPSA) is 44.5 Å². The summed E-state index contributed by atoms with van der Waals surface area (Å²) in [6.45, 7) is 0.750. The van der Waals surface area contributed by atoms with Crippen molar-refractivity contribution in [2.75, 3.05) is 20.8 Å². The van der Waals surface area contributed by atoms with Crippen molar-refractivity contribution in [1.29, 1.82) is 0 Å². The summed E-state index contributed by atoms with van der Waals surface area (Å²) in [4.78, 5) is 0. The van der Waals surface area contributed by atoms with E-state index in [1.54, 1.807) is 14.2 Å². The molecule has 0 saturated carbocycles. The molecule has 0 radical (unpaired) electrons. The lowest BCUT2D eigenvalue weighted by Gasteiger charge is -2.26. The minimum atomic E-state index is 0.577. The fourth-order valence-electron chi connectivity index (χ4n) is 2.44. The molecule has 1 aliphatic rings. The SMILES string of the molecule is COc1ccc2c(c1OC)CC(CN)CC2. The molecule has 0 heterocycles. The molecule has 1 aromatic rings. The molecule has 1 aromatic carbocycles. The number of aryl methyl sites for hydroxylation is 1. The van der Waals surface area contributed by atoms with Crippen LogP contribution >= 0.6 is 0 Å². The summed E-state index contributed by atoms with van der Waals surface area (Å²) in [6.07, 6.45) is 3.28. The second-order valence-corrected chi connectivity index (χ2v) is 4.28. The Labute approximate surface area is 96.5 Å². The summed E-state index contributed by atoms with van der Waals surface area (Å²) < 4.78 is 10.8. The first-order valence-electron chi connectivity index (χ1n) is 5.73. The van der Waals surface area contributed by atoms with Crippen LogP contribution in [0, 0.1) is 5.92 Å². The number of hydrogen-bond acceptors (Lipinski definition) is 3. The quantitative estimate of drug-likeness (QED) is 0.846. The van der Waals surface area contributed by atoms with Crippen molar-refractivity contribution in [2.45, 2.75) is 19.3 Å². The average molecular weight is 221 g/mol. The van der Waals surface area contributed by atoms with E-state index in [2.05, 4.69) is 6.07 Å². The normalized spacial score (nSPS) is 19.1. The monoisotopic (exact) mass is 221 g/mol. The van der Waals surface area contributed by atoms with Gasteiger partial charge >= 0.3 is 0 Å². The van der Waals surface area contributed by atoms with Crippen LogP contribution in [0.15, 0.2) is 12.1 Å². The molecule has 0 amide bonds. The van der Waals surface area contributed by atoms with Crippen LogP contribution in [0.1, 0.15) is 17.5 Å². The van der Waals surface area contributed by atoms with Gasteiger partial charge in [-0.05, 0) is 43.4 Å². The van der Waals surface area contributed by atoms with Crippen molar-refractivity contribution in [2.24, 2.45) is 11.7 Å². The third kappa shape index (κ3) is 1.87. The lowest BCUT2D eigenvalue weighted by molar-refractivity contribution is 0.344. The van der Waals surface area contributed by atoms with Gasteiger partial charge in [0.25, 0.3) is 0 Å². The molecule has 2 N–H and O–H groups in total. The van der Waals surface area contributed by atoms with Gasteiger partial charge in [-0.15, -0.1) is 0 Å². The molecule has 16 heavy (non-hydrogen) atoms. The number of nitrogens with two attached hydrogens (primary N) is 1. The van der Waals surface area contributed by atoms with Crippen LogP contribution in [0.25, 0.3) is 0 Å². The molecule has 3 heteroatoms. The van der Waals surface area contributed by atoms with Gasteiger partial charge in [-0.3, -0.25) is 0 Å². The molecule has 0 spiro atoms. The van der Waals surface area contributed by atoms with E-state index in [9.17, 15) is 0 Å². The molecule has 1 atom stereocenters. The zero-order valence-electron chi connectivity index (χ0n) is 9.95. The van der Waals surface area contributed by atoms with Crippen molar-refractivity contribution >= 4 is 0 Å². The molecule has 0 saturated heterocycles. The van der Waals surface area contributed by atoms with Gasteiger partial charge in [0.1, 0.15) is 0 Å². The Morgan fingerprint density at radius 1 is 1.31 bits per heavy atom. The number of methoxy groups -OCH3 is 2. The fraction of sp³-hybridized carbons (Fsp3) is 0.538. The number of benzene rings is 1. The van der Waals surface area contributed by atoms with Crippen molar-refractivity contribution in [3.05, 3.63) is 23.3 Å². The molecule has 0 aliphatic heterocycles. The molecule has 0 bridgehead atoms. The molecule has 3 nitrogen and oxygen atoms in total. The van der Waals surface area contributed by atoms with E-state index in [0.29, 0.717) is 5.92 Å². The van der Waals surface area contributed by atoms with Crippen LogP contribution in [0.4, 0.5) is 0 Å². The van der Waals surface area contributed by atoms with Crippen LogP contribution in [-0.4, -0.2) is 20.8 Å². The predicted molar refractivity (Wildman–Crippen MR) is 64.1 cm³/mol. The van der Waals surface area contributed by atoms with E-state index < -0.39 is 0 Å². The van der Waals surface area contributed by atoms with E-state index in [1.807, 2.05) is 6.07 Å². The van der Waals surface area contributed by atoms with E-state index >= 15 is 0 Å². The standard InChI is InChI=1S/C13H19NO2/c1-15-12-6-5-10-4-3-9(8-14)7-11(10)13(12)16-2/h5-6,9H,3-4,7-8,14H2,1-2H3. The largest absolute Gasteiger partial charge is 0.493 e. The van der Waals surface area contributed by atoms with Crippen molar-refractivity contribution < 1.29 is 9.47 Å². The minimum absolute atomic E-state index is 0.577. The maximum atomic E-state index is 5.75. The summed E-state index contributed by atoms with van der Waals surface area (Å²) in [5, 5.41) is 0. The van der Waals surface area contributed by atoms with Gasteiger partial charge in [-0.25, -0.2) is 0 Å². The van der Waals surface area contributed by atoms with Crippen LogP contribution < -0.4 is 15.2 Å². The Morgan fingerprint density at radius 2 is 2.12 bits per heavy atom. The van der Waals surface area contributed by atoms with Gasteiger partial charge < -0.3 is 15.2 Å². The highest BCUT2D eigenvalue weighted by Gasteiger charge is 2.22. The van der Waals surface area contributed by atoms with Crippen molar-refractivity contribution in [3.8, 4) is 11.5 Å². The van der Waals surface area contributed by atoms with Crippen LogP contribution in [-0.2, 0) is 12.8 Å². The predicted octanol–water partition coefficient (Wildman–Crippen LogP) is 1.77. The number of rotatable bonds is 3. The van der Waals surface area contributed by atoms with E-state index in [1.165, 1.54) is 17.5 Å². The zero-order valence-corrected chi connectivity index (χ0v) is 9.95. The summed E-state index contributed by atoms with van der Waals surface area (Å²) >= 11 is 0. The molecular weight excluding hydrogens is 202 g/mol. The first-order valence-corrected chi connectivity index (χ1v) is 5.73. The smallest absolute Gasteiger partial charge is 0.164 e. The first-order chi connectivity index (χ1) is 7.80. The van der Waals surface area contributed by atoms with E-state index in [-0.39, 0.29) is 0 Å². The summed E-state index contributed by atoms with van der Waals surface area (Å²) in [7, 11) is 3.37. The zero-order chi connectivity index (χ0) is 11.5. The highest BCUT2D eigenvalue weighted by molar-refractivity contribution is 5.51. The molecule has 1 aliphatic carbocycles. The molecule has 2 rings (SSSR count). The first kappa shape index (κ1) is 11.3. The summed E-state index contributed by atoms with van der Waals surface area (Å²) in [5.41, 5.74) is 8.41. The minimum Gasteiger partial charge on any atom is -0.493 e. The van der Waals surface area contributed by atoms with Gasteiger partial charge in [0.15, 0.2) is 11.5 Å². The highest BCUT2D eigenvalue weighted by Crippen LogP contribution is 2.38. The Hall–Kier alpha value is -1.22. The Morgan fingerprint density at radius 3 is 2.75 bits per heavy atom. The maximum Gasteiger partial charge on any atom is 0.164 e. The van der Waals surface area contributed by atoms with Gasteiger partial charge in [0, 0.05) is 5.56 Å². The Kier molecular flexibility index (Phi) is 3.34. The Bertz CT molecular complexity index is 376. The van der Waals surface area contributed by atoms with E-state index in [0.717, 1.165) is 30.9 Å². The van der Waals surface area contributed by atoms with Gasteiger partial charge in [0.05, 0.1) is 14.2 Å². The number of hydrogen-bond donors (Lipinski definition) is 1. The molecule has 1 unspecified atom stereocenters. The number of fused-ring (bicyclic) bond motifs is 1. The number of ether oxygens (including phenoxy) is 2. The van der Waals surface area contributed by atoms with Crippen LogP contribution in [0.5, 0.6) is 11.5 Å². The third-order valence-electron chi connectivity index (χ3n) is 3.39. The molecular formula is C13H19NO2. The lowest BCUT2D eigenvalue weighted by atomic mass is 9.83. The molecule has 0 fully saturated rings. The van der Waals surface area contributed by atoms with Crippen molar-refractivity contribution in [1.82, 2.24) is 0 Å². The highest BCUT2D eigenvalue weighted by atomic mass is 16.5. The summed E-state index contributed by atoms with van der Waals surface area (Å²) in [6, 6.07) is 4.13. The fourth-order valence-corrected chi connectivity index (χ4v) is 2.44. The Balaban J connectivity index is 2.41.